The molecule has 1 fully saturated rings. The molecule has 0 aliphatic carbocycles. The molecule has 2 heterocycles. The van der Waals surface area contributed by atoms with Gasteiger partial charge < -0.3 is 15.2 Å². The van der Waals surface area contributed by atoms with E-state index in [1.54, 1.807) is 13.0 Å². The van der Waals surface area contributed by atoms with E-state index in [0.29, 0.717) is 25.2 Å². The SMILES string of the molecule is CCOC(=O)c1ccc(C2(C(N)=O)CCOC2)cn1. The monoisotopic (exact) mass is 264 g/mol. The average molecular weight is 264 g/mol. The molecule has 19 heavy (non-hydrogen) atoms. The molecule has 0 spiro atoms. The van der Waals surface area contributed by atoms with Crippen LogP contribution in [0.15, 0.2) is 18.3 Å². The lowest BCUT2D eigenvalue weighted by Crippen LogP contribution is -2.41. The second-order valence-electron chi connectivity index (χ2n) is 4.40. The number of carbonyl (C=O) groups is 2. The predicted molar refractivity (Wildman–Crippen MR) is 66.5 cm³/mol. The summed E-state index contributed by atoms with van der Waals surface area (Å²) in [4.78, 5) is 27.2. The van der Waals surface area contributed by atoms with Crippen molar-refractivity contribution in [3.05, 3.63) is 29.6 Å². The highest BCUT2D eigenvalue weighted by molar-refractivity contribution is 5.89. The number of nitrogens with two attached hydrogens (primary N) is 1. The van der Waals surface area contributed by atoms with E-state index < -0.39 is 17.3 Å². The van der Waals surface area contributed by atoms with Gasteiger partial charge in [-0.25, -0.2) is 9.78 Å². The molecule has 2 N–H and O–H groups in total. The van der Waals surface area contributed by atoms with E-state index in [0.717, 1.165) is 0 Å². The van der Waals surface area contributed by atoms with Gasteiger partial charge in [-0.05, 0) is 25.0 Å². The summed E-state index contributed by atoms with van der Waals surface area (Å²) in [7, 11) is 0. The molecule has 0 saturated carbocycles. The van der Waals surface area contributed by atoms with E-state index >= 15 is 0 Å². The zero-order valence-electron chi connectivity index (χ0n) is 10.7. The fraction of sp³-hybridized carbons (Fsp3) is 0.462. The fourth-order valence-electron chi connectivity index (χ4n) is 2.13. The van der Waals surface area contributed by atoms with Gasteiger partial charge in [0.15, 0.2) is 0 Å². The normalized spacial score (nSPS) is 22.2. The molecule has 6 nitrogen and oxygen atoms in total. The molecule has 1 amide bonds. The molecule has 1 aromatic heterocycles. The number of aromatic nitrogens is 1. The summed E-state index contributed by atoms with van der Waals surface area (Å²) >= 11 is 0. The Morgan fingerprint density at radius 2 is 2.32 bits per heavy atom. The molecule has 1 aliphatic heterocycles. The third kappa shape index (κ3) is 2.44. The number of ether oxygens (including phenoxy) is 2. The second-order valence-corrected chi connectivity index (χ2v) is 4.40. The van der Waals surface area contributed by atoms with Gasteiger partial charge in [-0.1, -0.05) is 6.07 Å². The first-order valence-corrected chi connectivity index (χ1v) is 6.11. The van der Waals surface area contributed by atoms with Gasteiger partial charge >= 0.3 is 5.97 Å². The smallest absolute Gasteiger partial charge is 0.356 e. The fourth-order valence-corrected chi connectivity index (χ4v) is 2.13. The zero-order valence-corrected chi connectivity index (χ0v) is 10.7. The van der Waals surface area contributed by atoms with Crippen molar-refractivity contribution in [2.75, 3.05) is 19.8 Å². The lowest BCUT2D eigenvalue weighted by Gasteiger charge is -2.23. The van der Waals surface area contributed by atoms with Crippen LogP contribution in [-0.2, 0) is 19.7 Å². The van der Waals surface area contributed by atoms with Crippen LogP contribution in [0.1, 0.15) is 29.4 Å². The van der Waals surface area contributed by atoms with Gasteiger partial charge in [0.1, 0.15) is 11.1 Å². The highest BCUT2D eigenvalue weighted by Gasteiger charge is 2.42. The van der Waals surface area contributed by atoms with Crippen LogP contribution in [0.2, 0.25) is 0 Å². The summed E-state index contributed by atoms with van der Waals surface area (Å²) < 4.78 is 10.1. The molecular weight excluding hydrogens is 248 g/mol. The average Bonchev–Trinajstić information content (AvgIpc) is 2.90. The van der Waals surface area contributed by atoms with Crippen molar-refractivity contribution in [3.8, 4) is 0 Å². The van der Waals surface area contributed by atoms with Crippen molar-refractivity contribution in [1.82, 2.24) is 4.98 Å². The predicted octanol–water partition coefficient (Wildman–Crippen LogP) is 0.402. The van der Waals surface area contributed by atoms with Crippen LogP contribution in [0.4, 0.5) is 0 Å². The Hall–Kier alpha value is -1.95. The molecule has 1 atom stereocenters. The number of nitrogens with zero attached hydrogens (tertiary/aromatic N) is 1. The van der Waals surface area contributed by atoms with Crippen molar-refractivity contribution in [2.45, 2.75) is 18.8 Å². The number of hydrogen-bond donors (Lipinski definition) is 1. The van der Waals surface area contributed by atoms with Gasteiger partial charge in [0, 0.05) is 12.8 Å². The quantitative estimate of drug-likeness (QED) is 0.795. The zero-order chi connectivity index (χ0) is 13.9. The Balaban J connectivity index is 2.26. The maximum Gasteiger partial charge on any atom is 0.356 e. The molecule has 102 valence electrons. The van der Waals surface area contributed by atoms with E-state index in [4.69, 9.17) is 15.2 Å². The molecule has 1 aliphatic rings. The van der Waals surface area contributed by atoms with Crippen molar-refractivity contribution < 1.29 is 19.1 Å². The first-order chi connectivity index (χ1) is 9.10. The Labute approximate surface area is 110 Å². The summed E-state index contributed by atoms with van der Waals surface area (Å²) in [6.07, 6.45) is 2.02. The van der Waals surface area contributed by atoms with E-state index in [-0.39, 0.29) is 12.3 Å². The summed E-state index contributed by atoms with van der Waals surface area (Å²) in [5.41, 5.74) is 5.52. The Kier molecular flexibility index (Phi) is 3.80. The topological polar surface area (TPSA) is 91.5 Å². The maximum absolute atomic E-state index is 11.7. The van der Waals surface area contributed by atoms with E-state index in [2.05, 4.69) is 4.98 Å². The van der Waals surface area contributed by atoms with Crippen LogP contribution < -0.4 is 5.73 Å². The van der Waals surface area contributed by atoms with Crippen LogP contribution >= 0.6 is 0 Å². The number of primary amides is 1. The third-order valence-electron chi connectivity index (χ3n) is 3.29. The Bertz CT molecular complexity index is 478. The minimum atomic E-state index is -0.833. The molecule has 0 radical (unpaired) electrons. The van der Waals surface area contributed by atoms with Crippen molar-refractivity contribution in [1.29, 1.82) is 0 Å². The minimum Gasteiger partial charge on any atom is -0.461 e. The van der Waals surface area contributed by atoms with Crippen LogP contribution in [0.3, 0.4) is 0 Å². The molecule has 2 rings (SSSR count). The van der Waals surface area contributed by atoms with Crippen LogP contribution in [0, 0.1) is 0 Å². The molecular formula is C13H16N2O4. The lowest BCUT2D eigenvalue weighted by atomic mass is 9.80. The standard InChI is InChI=1S/C13H16N2O4/c1-2-19-11(16)10-4-3-9(7-15-10)13(12(14)17)5-6-18-8-13/h3-4,7H,2,5-6,8H2,1H3,(H2,14,17). The Morgan fingerprint density at radius 3 is 2.79 bits per heavy atom. The van der Waals surface area contributed by atoms with Gasteiger partial charge in [0.25, 0.3) is 0 Å². The number of amides is 1. The molecule has 1 aromatic rings. The molecule has 0 bridgehead atoms. The summed E-state index contributed by atoms with van der Waals surface area (Å²) in [6, 6.07) is 3.22. The van der Waals surface area contributed by atoms with Gasteiger partial charge in [-0.3, -0.25) is 4.79 Å². The Morgan fingerprint density at radius 1 is 1.53 bits per heavy atom. The van der Waals surface area contributed by atoms with E-state index in [1.165, 1.54) is 12.3 Å². The summed E-state index contributed by atoms with van der Waals surface area (Å²) in [5, 5.41) is 0. The van der Waals surface area contributed by atoms with Crippen LogP contribution in [0.5, 0.6) is 0 Å². The first-order valence-electron chi connectivity index (χ1n) is 6.11. The van der Waals surface area contributed by atoms with E-state index in [9.17, 15) is 9.59 Å². The number of hydrogen-bond acceptors (Lipinski definition) is 5. The van der Waals surface area contributed by atoms with Crippen LogP contribution in [0.25, 0.3) is 0 Å². The van der Waals surface area contributed by atoms with Gasteiger partial charge in [0.2, 0.25) is 5.91 Å². The van der Waals surface area contributed by atoms with Gasteiger partial charge in [-0.2, -0.15) is 0 Å². The number of esters is 1. The number of carbonyl (C=O) groups excluding carboxylic acids is 2. The highest BCUT2D eigenvalue weighted by atomic mass is 16.5. The third-order valence-corrected chi connectivity index (χ3v) is 3.29. The van der Waals surface area contributed by atoms with Crippen LogP contribution in [-0.4, -0.2) is 36.7 Å². The van der Waals surface area contributed by atoms with Crippen molar-refractivity contribution in [3.63, 3.8) is 0 Å². The molecule has 6 heteroatoms. The van der Waals surface area contributed by atoms with E-state index in [1.807, 2.05) is 0 Å². The first kappa shape index (κ1) is 13.5. The minimum absolute atomic E-state index is 0.212. The summed E-state index contributed by atoms with van der Waals surface area (Å²) in [5.74, 6) is -0.916. The maximum atomic E-state index is 11.7. The number of pyridine rings is 1. The highest BCUT2D eigenvalue weighted by Crippen LogP contribution is 2.32. The largest absolute Gasteiger partial charge is 0.461 e. The second kappa shape index (κ2) is 5.36. The lowest BCUT2D eigenvalue weighted by molar-refractivity contribution is -0.123. The van der Waals surface area contributed by atoms with Crippen molar-refractivity contribution >= 4 is 11.9 Å². The van der Waals surface area contributed by atoms with Gasteiger partial charge in [0.05, 0.1) is 13.2 Å². The van der Waals surface area contributed by atoms with Crippen molar-refractivity contribution in [2.24, 2.45) is 5.73 Å². The molecule has 1 saturated heterocycles. The van der Waals surface area contributed by atoms with Gasteiger partial charge in [-0.15, -0.1) is 0 Å². The number of rotatable bonds is 4. The summed E-state index contributed by atoms with van der Waals surface area (Å²) in [6.45, 7) is 2.76. The molecule has 0 aromatic carbocycles. The molecule has 1 unspecified atom stereocenters.